The summed E-state index contributed by atoms with van der Waals surface area (Å²) in [5.74, 6) is 0. The van der Waals surface area contributed by atoms with Crippen LogP contribution in [0.15, 0.2) is 29.2 Å². The average molecular weight is 312 g/mol. The number of benzene rings is 1. The standard InChI is InChI=1S/C13H20N4O3S/c1-2-15-13(18)16-7-9-17(10-8-16)21(19,20)12-5-3-11(14)4-6-12/h3-6H,2,7-10,14H2,1H3,(H,15,18). The van der Waals surface area contributed by atoms with Crippen LogP contribution < -0.4 is 11.1 Å². The topological polar surface area (TPSA) is 95.7 Å². The molecule has 3 N–H and O–H groups in total. The smallest absolute Gasteiger partial charge is 0.317 e. The molecule has 1 aliphatic rings. The van der Waals surface area contributed by atoms with Crippen molar-refractivity contribution in [3.8, 4) is 0 Å². The molecule has 1 saturated heterocycles. The highest BCUT2D eigenvalue weighted by Crippen LogP contribution is 2.18. The monoisotopic (exact) mass is 312 g/mol. The van der Waals surface area contributed by atoms with Crippen LogP contribution in [-0.2, 0) is 10.0 Å². The number of sulfonamides is 1. The molecule has 2 amide bonds. The lowest BCUT2D eigenvalue weighted by molar-refractivity contribution is 0.173. The molecule has 7 nitrogen and oxygen atoms in total. The number of nitrogen functional groups attached to an aromatic ring is 1. The Morgan fingerprint density at radius 1 is 1.19 bits per heavy atom. The summed E-state index contributed by atoms with van der Waals surface area (Å²) in [6, 6.07) is 5.99. The van der Waals surface area contributed by atoms with Crippen molar-refractivity contribution in [1.29, 1.82) is 0 Å². The first-order chi connectivity index (χ1) is 9.95. The summed E-state index contributed by atoms with van der Waals surface area (Å²) in [5, 5.41) is 2.71. The van der Waals surface area contributed by atoms with Crippen LogP contribution in [-0.4, -0.2) is 56.4 Å². The normalized spacial score (nSPS) is 16.7. The Balaban J connectivity index is 2.04. The second-order valence-corrected chi connectivity index (χ2v) is 6.73. The van der Waals surface area contributed by atoms with Gasteiger partial charge in [0.05, 0.1) is 4.90 Å². The fourth-order valence-electron chi connectivity index (χ4n) is 2.18. The first-order valence-corrected chi connectivity index (χ1v) is 8.27. The minimum absolute atomic E-state index is 0.151. The molecular formula is C13H20N4O3S. The van der Waals surface area contributed by atoms with Crippen LogP contribution in [0.3, 0.4) is 0 Å². The lowest BCUT2D eigenvalue weighted by Crippen LogP contribution is -2.53. The van der Waals surface area contributed by atoms with Crippen molar-refractivity contribution < 1.29 is 13.2 Å². The number of anilines is 1. The molecule has 0 aliphatic carbocycles. The van der Waals surface area contributed by atoms with Crippen molar-refractivity contribution in [3.63, 3.8) is 0 Å². The molecule has 116 valence electrons. The molecule has 0 aromatic heterocycles. The van der Waals surface area contributed by atoms with Gasteiger partial charge in [0, 0.05) is 38.4 Å². The second-order valence-electron chi connectivity index (χ2n) is 4.80. The van der Waals surface area contributed by atoms with Crippen molar-refractivity contribution in [1.82, 2.24) is 14.5 Å². The molecule has 0 bridgehead atoms. The van der Waals surface area contributed by atoms with E-state index in [1.807, 2.05) is 6.92 Å². The van der Waals surface area contributed by atoms with Gasteiger partial charge in [0.25, 0.3) is 0 Å². The van der Waals surface area contributed by atoms with Gasteiger partial charge in [0.2, 0.25) is 10.0 Å². The number of piperazine rings is 1. The van der Waals surface area contributed by atoms with Crippen molar-refractivity contribution in [2.75, 3.05) is 38.5 Å². The number of hydrogen-bond acceptors (Lipinski definition) is 4. The Morgan fingerprint density at radius 2 is 1.76 bits per heavy atom. The Morgan fingerprint density at radius 3 is 2.29 bits per heavy atom. The molecule has 1 aromatic rings. The van der Waals surface area contributed by atoms with Gasteiger partial charge in [-0.25, -0.2) is 13.2 Å². The number of amides is 2. The van der Waals surface area contributed by atoms with Crippen LogP contribution in [0.25, 0.3) is 0 Å². The third-order valence-corrected chi connectivity index (χ3v) is 5.28. The predicted octanol–water partition coefficient (Wildman–Crippen LogP) is 0.305. The molecule has 1 aromatic carbocycles. The SMILES string of the molecule is CCNC(=O)N1CCN(S(=O)(=O)c2ccc(N)cc2)CC1. The summed E-state index contributed by atoms with van der Waals surface area (Å²) in [7, 11) is -3.52. The molecule has 0 atom stereocenters. The van der Waals surface area contributed by atoms with Gasteiger partial charge in [-0.3, -0.25) is 0 Å². The predicted molar refractivity (Wildman–Crippen MR) is 80.3 cm³/mol. The Bertz CT molecular complexity index is 592. The van der Waals surface area contributed by atoms with E-state index in [2.05, 4.69) is 5.32 Å². The van der Waals surface area contributed by atoms with Crippen molar-refractivity contribution >= 4 is 21.7 Å². The van der Waals surface area contributed by atoms with Gasteiger partial charge in [0.1, 0.15) is 0 Å². The molecule has 0 unspecified atom stereocenters. The van der Waals surface area contributed by atoms with Gasteiger partial charge in [-0.05, 0) is 31.2 Å². The fourth-order valence-corrected chi connectivity index (χ4v) is 3.61. The van der Waals surface area contributed by atoms with E-state index in [9.17, 15) is 13.2 Å². The van der Waals surface area contributed by atoms with Crippen molar-refractivity contribution in [2.24, 2.45) is 0 Å². The van der Waals surface area contributed by atoms with E-state index in [1.54, 1.807) is 17.0 Å². The fraction of sp³-hybridized carbons (Fsp3) is 0.462. The van der Waals surface area contributed by atoms with Crippen LogP contribution >= 0.6 is 0 Å². The first-order valence-electron chi connectivity index (χ1n) is 6.83. The average Bonchev–Trinajstić information content (AvgIpc) is 2.48. The van der Waals surface area contributed by atoms with Crippen LogP contribution in [0.5, 0.6) is 0 Å². The zero-order chi connectivity index (χ0) is 15.5. The van der Waals surface area contributed by atoms with E-state index in [4.69, 9.17) is 5.73 Å². The van der Waals surface area contributed by atoms with Gasteiger partial charge in [-0.1, -0.05) is 0 Å². The molecule has 0 spiro atoms. The third-order valence-electron chi connectivity index (χ3n) is 3.37. The van der Waals surface area contributed by atoms with Crippen LogP contribution in [0.1, 0.15) is 6.92 Å². The highest BCUT2D eigenvalue weighted by molar-refractivity contribution is 7.89. The highest BCUT2D eigenvalue weighted by atomic mass is 32.2. The zero-order valence-corrected chi connectivity index (χ0v) is 12.8. The molecule has 1 aliphatic heterocycles. The lowest BCUT2D eigenvalue weighted by atomic mass is 10.3. The molecular weight excluding hydrogens is 292 g/mol. The quantitative estimate of drug-likeness (QED) is 0.785. The van der Waals surface area contributed by atoms with Crippen molar-refractivity contribution in [3.05, 3.63) is 24.3 Å². The van der Waals surface area contributed by atoms with E-state index >= 15 is 0 Å². The van der Waals surface area contributed by atoms with E-state index in [-0.39, 0.29) is 10.9 Å². The Hall–Kier alpha value is -1.80. The summed E-state index contributed by atoms with van der Waals surface area (Å²) >= 11 is 0. The molecule has 21 heavy (non-hydrogen) atoms. The molecule has 2 rings (SSSR count). The van der Waals surface area contributed by atoms with Crippen molar-refractivity contribution in [2.45, 2.75) is 11.8 Å². The van der Waals surface area contributed by atoms with Gasteiger partial charge < -0.3 is 16.0 Å². The summed E-state index contributed by atoms with van der Waals surface area (Å²) in [6.07, 6.45) is 0. The summed E-state index contributed by atoms with van der Waals surface area (Å²) < 4.78 is 26.3. The van der Waals surface area contributed by atoms with Crippen LogP contribution in [0.2, 0.25) is 0 Å². The van der Waals surface area contributed by atoms with E-state index in [0.717, 1.165) is 0 Å². The highest BCUT2D eigenvalue weighted by Gasteiger charge is 2.29. The summed E-state index contributed by atoms with van der Waals surface area (Å²) in [4.78, 5) is 13.5. The van der Waals surface area contributed by atoms with Crippen LogP contribution in [0.4, 0.5) is 10.5 Å². The minimum atomic E-state index is -3.52. The number of hydrogen-bond donors (Lipinski definition) is 2. The maximum Gasteiger partial charge on any atom is 0.317 e. The molecule has 8 heteroatoms. The summed E-state index contributed by atoms with van der Waals surface area (Å²) in [6.45, 7) is 3.77. The van der Waals surface area contributed by atoms with E-state index < -0.39 is 10.0 Å². The minimum Gasteiger partial charge on any atom is -0.399 e. The Kier molecular flexibility index (Phi) is 4.69. The molecule has 1 heterocycles. The molecule has 1 fully saturated rings. The van der Waals surface area contributed by atoms with Crippen LogP contribution in [0, 0.1) is 0 Å². The second kappa shape index (κ2) is 6.31. The van der Waals surface area contributed by atoms with E-state index in [1.165, 1.54) is 16.4 Å². The van der Waals surface area contributed by atoms with Gasteiger partial charge in [0.15, 0.2) is 0 Å². The maximum absolute atomic E-state index is 12.5. The zero-order valence-electron chi connectivity index (χ0n) is 11.9. The number of nitrogens with two attached hydrogens (primary N) is 1. The number of urea groups is 1. The number of nitrogens with zero attached hydrogens (tertiary/aromatic N) is 2. The maximum atomic E-state index is 12.5. The largest absolute Gasteiger partial charge is 0.399 e. The number of rotatable bonds is 3. The Labute approximate surface area is 124 Å². The third kappa shape index (κ3) is 3.45. The molecule has 0 saturated carbocycles. The van der Waals surface area contributed by atoms with Gasteiger partial charge in [-0.2, -0.15) is 4.31 Å². The van der Waals surface area contributed by atoms with Gasteiger partial charge in [-0.15, -0.1) is 0 Å². The van der Waals surface area contributed by atoms with E-state index in [0.29, 0.717) is 38.4 Å². The lowest BCUT2D eigenvalue weighted by Gasteiger charge is -2.33. The number of carbonyl (C=O) groups excluding carboxylic acids is 1. The number of carbonyl (C=O) groups is 1. The summed E-state index contributed by atoms with van der Waals surface area (Å²) in [5.41, 5.74) is 6.09. The first kappa shape index (κ1) is 15.6. The molecule has 0 radical (unpaired) electrons. The number of nitrogens with one attached hydrogen (secondary N) is 1. The van der Waals surface area contributed by atoms with Gasteiger partial charge >= 0.3 is 6.03 Å².